The number of carbonyl (C=O) groups excluding carboxylic acids is 4. The first-order chi connectivity index (χ1) is 12.8. The maximum absolute atomic E-state index is 12.0. The minimum Gasteiger partial charge on any atom is -0.483 e. The van der Waals surface area contributed by atoms with Crippen molar-refractivity contribution in [3.63, 3.8) is 0 Å². The van der Waals surface area contributed by atoms with Crippen LogP contribution in [0.4, 0.5) is 0 Å². The molecule has 0 radical (unpaired) electrons. The van der Waals surface area contributed by atoms with Crippen LogP contribution >= 0.6 is 12.6 Å². The Bertz CT molecular complexity index is 500. The average Bonchev–Trinajstić information content (AvgIpc) is 2.64. The Kier molecular flexibility index (Phi) is 24.1. The molecule has 0 saturated carbocycles. The minimum atomic E-state index is -0.809. The first kappa shape index (κ1) is 33.4. The van der Waals surface area contributed by atoms with Crippen molar-refractivity contribution in [3.05, 3.63) is 6.54 Å². The quantitative estimate of drug-likeness (QED) is 0.0709. The Morgan fingerprint density at radius 3 is 2.21 bits per heavy atom. The largest absolute Gasteiger partial charge is 0.483 e. The first-order valence-electron chi connectivity index (χ1n) is 9.01. The molecule has 0 fully saturated rings. The SMILES string of the molecule is CNC(CCCCNC(=O)CNC(=O)C(CS)NC(=O)CC[CH-]N)C(C)=O.[W].[W]. The van der Waals surface area contributed by atoms with E-state index in [0.29, 0.717) is 19.4 Å². The average molecular weight is 770 g/mol. The van der Waals surface area contributed by atoms with Gasteiger partial charge in [-0.2, -0.15) is 19.0 Å². The summed E-state index contributed by atoms with van der Waals surface area (Å²) in [7, 11) is 1.74. The van der Waals surface area contributed by atoms with E-state index in [4.69, 9.17) is 5.73 Å². The molecular weight excluding hydrogens is 738 g/mol. The van der Waals surface area contributed by atoms with Crippen LogP contribution in [0.5, 0.6) is 0 Å². The number of nitrogens with two attached hydrogens (primary N) is 1. The molecule has 0 heterocycles. The Labute approximate surface area is 207 Å². The summed E-state index contributed by atoms with van der Waals surface area (Å²) in [6.07, 6.45) is 2.84. The molecule has 0 saturated heterocycles. The maximum atomic E-state index is 12.0. The molecule has 3 amide bonds. The second kappa shape index (κ2) is 21.0. The van der Waals surface area contributed by atoms with Gasteiger partial charge in [0.25, 0.3) is 0 Å². The van der Waals surface area contributed by atoms with E-state index in [9.17, 15) is 19.2 Å². The number of rotatable bonds is 15. The summed E-state index contributed by atoms with van der Waals surface area (Å²) in [4.78, 5) is 46.7. The Morgan fingerprint density at radius 1 is 1.03 bits per heavy atom. The summed E-state index contributed by atoms with van der Waals surface area (Å²) in [5.74, 6) is -0.878. The summed E-state index contributed by atoms with van der Waals surface area (Å²) in [6, 6.07) is -0.965. The van der Waals surface area contributed by atoms with E-state index in [-0.39, 0.29) is 84.5 Å². The maximum Gasteiger partial charge on any atom is 0.243 e. The van der Waals surface area contributed by atoms with Crippen LogP contribution in [0.1, 0.15) is 39.0 Å². The number of unbranched alkanes of at least 4 members (excludes halogenated alkanes) is 1. The molecule has 12 heteroatoms. The molecule has 168 valence electrons. The van der Waals surface area contributed by atoms with E-state index < -0.39 is 11.9 Å². The number of thiol groups is 1. The van der Waals surface area contributed by atoms with Gasteiger partial charge in [-0.3, -0.25) is 25.7 Å². The van der Waals surface area contributed by atoms with Gasteiger partial charge in [-0.25, -0.2) is 0 Å². The molecule has 0 aliphatic heterocycles. The normalized spacial score (nSPS) is 11.9. The van der Waals surface area contributed by atoms with E-state index in [1.807, 2.05) is 0 Å². The predicted octanol–water partition coefficient (Wildman–Crippen LogP) is -1.12. The third-order valence-electron chi connectivity index (χ3n) is 3.88. The van der Waals surface area contributed by atoms with Gasteiger partial charge < -0.3 is 27.0 Å². The molecule has 9 nitrogen and oxygen atoms in total. The molecule has 6 N–H and O–H groups in total. The number of likely N-dealkylation sites (N-methyl/N-ethyl adjacent to an activating group) is 1. The number of amides is 3. The summed E-state index contributed by atoms with van der Waals surface area (Å²) >= 11 is 4.05. The van der Waals surface area contributed by atoms with Crippen LogP contribution in [0.2, 0.25) is 0 Å². The van der Waals surface area contributed by atoms with Crippen molar-refractivity contribution in [2.24, 2.45) is 5.73 Å². The summed E-state index contributed by atoms with van der Waals surface area (Å²) < 4.78 is 0. The fourth-order valence-electron chi connectivity index (χ4n) is 2.28. The molecule has 0 spiro atoms. The van der Waals surface area contributed by atoms with Crippen LogP contribution in [0, 0.1) is 6.54 Å². The van der Waals surface area contributed by atoms with Crippen molar-refractivity contribution in [1.82, 2.24) is 21.3 Å². The topological polar surface area (TPSA) is 142 Å². The van der Waals surface area contributed by atoms with Crippen molar-refractivity contribution >= 4 is 36.1 Å². The molecule has 29 heavy (non-hydrogen) atoms. The van der Waals surface area contributed by atoms with Crippen LogP contribution < -0.4 is 27.0 Å². The number of Topliss-reactive ketones (excluding diaryl/α,β-unsaturated/α-hetero) is 1. The smallest absolute Gasteiger partial charge is 0.243 e. The van der Waals surface area contributed by atoms with E-state index in [1.54, 1.807) is 14.0 Å². The number of carbonyl (C=O) groups is 4. The van der Waals surface area contributed by atoms with Crippen molar-refractivity contribution in [3.8, 4) is 0 Å². The van der Waals surface area contributed by atoms with Crippen molar-refractivity contribution in [2.45, 2.75) is 51.1 Å². The second-order valence-electron chi connectivity index (χ2n) is 6.09. The second-order valence-corrected chi connectivity index (χ2v) is 6.46. The zero-order valence-corrected chi connectivity index (χ0v) is 23.6. The molecular formula is C17H32N5O4SW2-. The molecule has 0 aliphatic rings. The predicted molar refractivity (Wildman–Crippen MR) is 107 cm³/mol. The summed E-state index contributed by atoms with van der Waals surface area (Å²) in [5, 5.41) is 10.7. The zero-order valence-electron chi connectivity index (χ0n) is 16.9. The van der Waals surface area contributed by atoms with Gasteiger partial charge in [0.05, 0.1) is 12.6 Å². The molecule has 0 aromatic heterocycles. The van der Waals surface area contributed by atoms with Crippen LogP contribution in [-0.4, -0.2) is 61.5 Å². The van der Waals surface area contributed by atoms with Gasteiger partial charge in [-0.05, 0) is 33.2 Å². The van der Waals surface area contributed by atoms with Crippen molar-refractivity contribution < 1.29 is 61.3 Å². The Morgan fingerprint density at radius 2 is 1.69 bits per heavy atom. The standard InChI is InChI=1S/C17H32N5O4S.2W/c1-12(23)13(19-2)6-3-4-9-20-16(25)10-21-17(26)14(11-27)22-15(24)7-5-8-18;;/h8,13-14,19,27H,3-7,9-11,18H2,1-2H3,(H,20,25)(H,21,26)(H,22,24);;/q-1;;. The van der Waals surface area contributed by atoms with Gasteiger partial charge in [-0.1, -0.05) is 0 Å². The van der Waals surface area contributed by atoms with Gasteiger partial charge in [-0.15, -0.1) is 0 Å². The molecule has 0 rings (SSSR count). The molecule has 2 atom stereocenters. The first-order valence-corrected chi connectivity index (χ1v) is 9.64. The van der Waals surface area contributed by atoms with E-state index >= 15 is 0 Å². The van der Waals surface area contributed by atoms with Crippen LogP contribution in [0.25, 0.3) is 0 Å². The number of hydrogen-bond donors (Lipinski definition) is 6. The van der Waals surface area contributed by atoms with Gasteiger partial charge in [0.15, 0.2) is 0 Å². The fourth-order valence-corrected chi connectivity index (χ4v) is 2.54. The van der Waals surface area contributed by atoms with Crippen molar-refractivity contribution in [2.75, 3.05) is 25.9 Å². The third kappa shape index (κ3) is 17.1. The summed E-state index contributed by atoms with van der Waals surface area (Å²) in [6.45, 7) is 3.20. The fraction of sp³-hybridized carbons (Fsp3) is 0.706. The van der Waals surface area contributed by atoms with Crippen LogP contribution in [-0.2, 0) is 61.3 Å². The van der Waals surface area contributed by atoms with Crippen molar-refractivity contribution in [1.29, 1.82) is 0 Å². The molecule has 0 aliphatic carbocycles. The zero-order chi connectivity index (χ0) is 20.7. The number of hydrogen-bond acceptors (Lipinski definition) is 7. The molecule has 0 bridgehead atoms. The Hall–Kier alpha value is -0.273. The minimum absolute atomic E-state index is 0. The third-order valence-corrected chi connectivity index (χ3v) is 4.24. The van der Waals surface area contributed by atoms with Gasteiger partial charge in [0.2, 0.25) is 17.7 Å². The van der Waals surface area contributed by atoms with Gasteiger partial charge in [0, 0.05) is 60.8 Å². The number of nitrogens with one attached hydrogen (secondary N) is 4. The van der Waals surface area contributed by atoms with E-state index in [1.165, 1.54) is 6.54 Å². The molecule has 0 aromatic rings. The van der Waals surface area contributed by atoms with Gasteiger partial charge >= 0.3 is 0 Å². The summed E-state index contributed by atoms with van der Waals surface area (Å²) in [5.41, 5.74) is 5.21. The van der Waals surface area contributed by atoms with Gasteiger partial charge in [0.1, 0.15) is 11.8 Å². The molecule has 2 unspecified atom stereocenters. The van der Waals surface area contributed by atoms with Crippen LogP contribution in [0.15, 0.2) is 0 Å². The number of ketones is 1. The Balaban J connectivity index is -0.00000338. The van der Waals surface area contributed by atoms with Crippen LogP contribution in [0.3, 0.4) is 0 Å². The van der Waals surface area contributed by atoms with E-state index in [2.05, 4.69) is 33.9 Å². The van der Waals surface area contributed by atoms with E-state index in [0.717, 1.165) is 12.8 Å². The monoisotopic (exact) mass is 770 g/mol. The molecule has 0 aromatic carbocycles.